The highest BCUT2D eigenvalue weighted by Crippen LogP contribution is 2.50. The Bertz CT molecular complexity index is 831. The largest absolute Gasteiger partial charge is 0.313 e. The Morgan fingerprint density at radius 1 is 1.19 bits per heavy atom. The van der Waals surface area contributed by atoms with Gasteiger partial charge < -0.3 is 5.32 Å². The predicted octanol–water partition coefficient (Wildman–Crippen LogP) is 3.32. The number of sulfonamides is 1. The molecule has 0 radical (unpaired) electrons. The Kier molecular flexibility index (Phi) is 6.68. The Balaban J connectivity index is 0.00000261. The van der Waals surface area contributed by atoms with Crippen molar-refractivity contribution in [2.24, 2.45) is 0 Å². The van der Waals surface area contributed by atoms with E-state index in [0.29, 0.717) is 17.0 Å². The number of nitrogens with zero attached hydrogens (tertiary/aromatic N) is 2. The van der Waals surface area contributed by atoms with Gasteiger partial charge in [0.1, 0.15) is 0 Å². The maximum absolute atomic E-state index is 13.3. The molecule has 1 saturated carbocycles. The van der Waals surface area contributed by atoms with Crippen LogP contribution in [0.5, 0.6) is 0 Å². The quantitative estimate of drug-likeness (QED) is 0.588. The van der Waals surface area contributed by atoms with E-state index in [0.717, 1.165) is 44.2 Å². The molecule has 0 amide bonds. The van der Waals surface area contributed by atoms with Crippen molar-refractivity contribution in [1.29, 1.82) is 0 Å². The third-order valence-corrected chi connectivity index (χ3v) is 7.70. The summed E-state index contributed by atoms with van der Waals surface area (Å²) in [7, 11) is -1.96. The zero-order chi connectivity index (χ0) is 18.9. The van der Waals surface area contributed by atoms with E-state index in [2.05, 4.69) is 5.32 Å². The van der Waals surface area contributed by atoms with Gasteiger partial charge in [-0.2, -0.15) is 4.31 Å². The van der Waals surface area contributed by atoms with Crippen LogP contribution in [-0.2, 0) is 10.0 Å². The summed E-state index contributed by atoms with van der Waals surface area (Å²) in [4.78, 5) is 10.8. The Morgan fingerprint density at radius 3 is 2.30 bits per heavy atom. The third-order valence-electron chi connectivity index (χ3n) is 5.63. The number of hydrogen-bond acceptors (Lipinski definition) is 5. The van der Waals surface area contributed by atoms with Crippen molar-refractivity contribution in [3.05, 3.63) is 45.5 Å². The smallest absolute Gasteiger partial charge is 0.269 e. The van der Waals surface area contributed by atoms with E-state index in [4.69, 9.17) is 0 Å². The minimum atomic E-state index is -3.64. The maximum atomic E-state index is 13.3. The van der Waals surface area contributed by atoms with E-state index >= 15 is 0 Å². The van der Waals surface area contributed by atoms with Gasteiger partial charge in [-0.25, -0.2) is 8.42 Å². The summed E-state index contributed by atoms with van der Waals surface area (Å²) in [6.07, 6.45) is 4.77. The first kappa shape index (κ1) is 21.8. The molecule has 9 heteroatoms. The average Bonchev–Trinajstić information content (AvgIpc) is 2.79. The number of nitro benzene ring substituents is 1. The van der Waals surface area contributed by atoms with Crippen molar-refractivity contribution in [2.45, 2.75) is 44.6 Å². The molecule has 1 aromatic rings. The second-order valence-corrected chi connectivity index (χ2v) is 8.86. The van der Waals surface area contributed by atoms with Gasteiger partial charge in [0, 0.05) is 25.7 Å². The zero-order valence-electron chi connectivity index (χ0n) is 15.6. The van der Waals surface area contributed by atoms with Crippen molar-refractivity contribution < 1.29 is 13.3 Å². The predicted molar refractivity (Wildman–Crippen MR) is 108 cm³/mol. The minimum absolute atomic E-state index is 0. The molecule has 1 aromatic carbocycles. The van der Waals surface area contributed by atoms with E-state index in [9.17, 15) is 18.5 Å². The van der Waals surface area contributed by atoms with Crippen LogP contribution >= 0.6 is 12.4 Å². The molecule has 7 nitrogen and oxygen atoms in total. The van der Waals surface area contributed by atoms with Crippen LogP contribution in [0.15, 0.2) is 29.8 Å². The number of halogens is 1. The highest BCUT2D eigenvalue weighted by atomic mass is 35.5. The molecule has 0 saturated heterocycles. The van der Waals surface area contributed by atoms with Gasteiger partial charge in [-0.05, 0) is 42.7 Å². The van der Waals surface area contributed by atoms with Crippen LogP contribution in [0.2, 0.25) is 0 Å². The SMILES string of the molecule is CCNCC1=C(c2ccc([N+](=O)[O-])cc2)S(=O)(=O)N(C)C12CCCCC2.Cl. The normalized spacial score (nSPS) is 21.3. The lowest BCUT2D eigenvalue weighted by molar-refractivity contribution is -0.384. The van der Waals surface area contributed by atoms with E-state index < -0.39 is 20.5 Å². The summed E-state index contributed by atoms with van der Waals surface area (Å²) < 4.78 is 28.1. The lowest BCUT2D eigenvalue weighted by atomic mass is 9.75. The Morgan fingerprint density at radius 2 is 1.78 bits per heavy atom. The van der Waals surface area contributed by atoms with E-state index in [1.807, 2.05) is 6.92 Å². The maximum Gasteiger partial charge on any atom is 0.269 e. The summed E-state index contributed by atoms with van der Waals surface area (Å²) in [5.74, 6) is 0. The molecule has 1 aliphatic heterocycles. The summed E-state index contributed by atoms with van der Waals surface area (Å²) in [5, 5.41) is 14.2. The molecule has 0 atom stereocenters. The topological polar surface area (TPSA) is 92.5 Å². The van der Waals surface area contributed by atoms with Gasteiger partial charge in [0.2, 0.25) is 10.0 Å². The second-order valence-electron chi connectivity index (χ2n) is 6.96. The highest BCUT2D eigenvalue weighted by molar-refractivity contribution is 7.98. The van der Waals surface area contributed by atoms with Crippen LogP contribution < -0.4 is 5.32 Å². The molecule has 1 spiro atoms. The molecular weight excluding hydrogens is 390 g/mol. The molecule has 1 fully saturated rings. The van der Waals surface area contributed by atoms with Crippen molar-refractivity contribution in [1.82, 2.24) is 9.62 Å². The lowest BCUT2D eigenvalue weighted by Crippen LogP contribution is -2.48. The van der Waals surface area contributed by atoms with Crippen LogP contribution in [0, 0.1) is 10.1 Å². The van der Waals surface area contributed by atoms with Crippen LogP contribution in [0.4, 0.5) is 5.69 Å². The van der Waals surface area contributed by atoms with E-state index in [1.165, 1.54) is 12.1 Å². The van der Waals surface area contributed by atoms with Gasteiger partial charge in [-0.1, -0.05) is 26.2 Å². The average molecular weight is 416 g/mol. The van der Waals surface area contributed by atoms with Gasteiger partial charge in [-0.15, -0.1) is 12.4 Å². The van der Waals surface area contributed by atoms with Gasteiger partial charge in [0.25, 0.3) is 5.69 Å². The lowest BCUT2D eigenvalue weighted by Gasteiger charge is -2.40. The number of nitrogens with one attached hydrogen (secondary N) is 1. The van der Waals surface area contributed by atoms with Crippen LogP contribution in [0.3, 0.4) is 0 Å². The fourth-order valence-electron chi connectivity index (χ4n) is 4.23. The first-order chi connectivity index (χ1) is 12.3. The molecule has 150 valence electrons. The van der Waals surface area contributed by atoms with Crippen molar-refractivity contribution >= 4 is 33.0 Å². The molecule has 2 aliphatic rings. The molecule has 1 heterocycles. The Labute approximate surface area is 166 Å². The monoisotopic (exact) mass is 415 g/mol. The highest BCUT2D eigenvalue weighted by Gasteiger charge is 2.53. The van der Waals surface area contributed by atoms with E-state index in [1.54, 1.807) is 23.5 Å². The molecule has 0 unspecified atom stereocenters. The molecule has 1 aliphatic carbocycles. The summed E-state index contributed by atoms with van der Waals surface area (Å²) in [5.41, 5.74) is 0.906. The van der Waals surface area contributed by atoms with Crippen molar-refractivity contribution in [3.63, 3.8) is 0 Å². The van der Waals surface area contributed by atoms with Crippen LogP contribution in [0.1, 0.15) is 44.6 Å². The van der Waals surface area contributed by atoms with Gasteiger partial charge >= 0.3 is 0 Å². The number of benzene rings is 1. The minimum Gasteiger partial charge on any atom is -0.313 e. The van der Waals surface area contributed by atoms with Crippen LogP contribution in [-0.4, -0.2) is 43.3 Å². The second kappa shape index (κ2) is 8.26. The molecule has 1 N–H and O–H groups in total. The molecule has 0 aromatic heterocycles. The molecule has 0 bridgehead atoms. The molecular formula is C18H26ClN3O4S. The fraction of sp³-hybridized carbons (Fsp3) is 0.556. The standard InChI is InChI=1S/C18H25N3O4S.ClH/c1-3-19-13-16-17(14-7-9-15(10-8-14)21(22)23)26(24,25)20(2)18(16)11-5-4-6-12-18;/h7-10,19H,3-6,11-13H2,1-2H3;1H. The molecule has 27 heavy (non-hydrogen) atoms. The fourth-order valence-corrected chi connectivity index (χ4v) is 6.26. The van der Waals surface area contributed by atoms with E-state index in [-0.39, 0.29) is 18.1 Å². The number of nitro groups is 1. The summed E-state index contributed by atoms with van der Waals surface area (Å²) >= 11 is 0. The van der Waals surface area contributed by atoms with Gasteiger partial charge in [0.15, 0.2) is 0 Å². The number of likely N-dealkylation sites (N-methyl/N-ethyl adjacent to an activating group) is 2. The van der Waals surface area contributed by atoms with Crippen molar-refractivity contribution in [2.75, 3.05) is 20.1 Å². The number of hydrogen-bond donors (Lipinski definition) is 1. The van der Waals surface area contributed by atoms with Crippen molar-refractivity contribution in [3.8, 4) is 0 Å². The third kappa shape index (κ3) is 3.63. The summed E-state index contributed by atoms with van der Waals surface area (Å²) in [6.45, 7) is 3.25. The Hall–Kier alpha value is -1.48. The summed E-state index contributed by atoms with van der Waals surface area (Å²) in [6, 6.07) is 5.84. The van der Waals surface area contributed by atoms with Crippen LogP contribution in [0.25, 0.3) is 4.91 Å². The van der Waals surface area contributed by atoms with Gasteiger partial charge in [-0.3, -0.25) is 10.1 Å². The zero-order valence-corrected chi connectivity index (χ0v) is 17.2. The molecule has 3 rings (SSSR count). The number of non-ortho nitro benzene ring substituents is 1. The first-order valence-corrected chi connectivity index (χ1v) is 10.5. The number of rotatable bonds is 5. The first-order valence-electron chi connectivity index (χ1n) is 9.03. The van der Waals surface area contributed by atoms with Gasteiger partial charge in [0.05, 0.1) is 15.4 Å².